The highest BCUT2D eigenvalue weighted by atomic mass is 79.9. The van der Waals surface area contributed by atoms with Gasteiger partial charge in [-0.1, -0.05) is 11.6 Å². The maximum Gasteiger partial charge on any atom is 0.303 e. The summed E-state index contributed by atoms with van der Waals surface area (Å²) in [5, 5.41) is 10.6. The van der Waals surface area contributed by atoms with Gasteiger partial charge in [0.2, 0.25) is 0 Å². The lowest BCUT2D eigenvalue weighted by Gasteiger charge is -1.99. The van der Waals surface area contributed by atoms with Crippen LogP contribution >= 0.6 is 43.5 Å². The van der Waals surface area contributed by atoms with Gasteiger partial charge in [0.15, 0.2) is 0 Å². The fourth-order valence-corrected chi connectivity index (χ4v) is 1.83. The van der Waals surface area contributed by atoms with Gasteiger partial charge in [-0.15, -0.1) is 0 Å². The number of halogens is 3. The minimum Gasteiger partial charge on any atom is -0.258 e. The third-order valence-electron chi connectivity index (χ3n) is 1.20. The van der Waals surface area contributed by atoms with Gasteiger partial charge in [-0.25, -0.2) is 0 Å². The summed E-state index contributed by atoms with van der Waals surface area (Å²) in [5.41, 5.74) is -0.119. The molecular weight excluding hydrogens is 313 g/mol. The van der Waals surface area contributed by atoms with E-state index in [0.29, 0.717) is 8.95 Å². The number of rotatable bonds is 1. The molecule has 0 aliphatic rings. The van der Waals surface area contributed by atoms with E-state index in [0.717, 1.165) is 0 Å². The van der Waals surface area contributed by atoms with E-state index in [4.69, 9.17) is 11.6 Å². The quantitative estimate of drug-likeness (QED) is 0.450. The first kappa shape index (κ1) is 9.95. The van der Waals surface area contributed by atoms with Crippen LogP contribution in [0.3, 0.4) is 0 Å². The molecule has 12 heavy (non-hydrogen) atoms. The van der Waals surface area contributed by atoms with Crippen LogP contribution in [0.15, 0.2) is 21.1 Å². The lowest BCUT2D eigenvalue weighted by atomic mass is 10.3. The molecule has 0 bridgehead atoms. The van der Waals surface area contributed by atoms with Crippen LogP contribution in [0.5, 0.6) is 0 Å². The molecule has 1 aromatic rings. The molecule has 0 unspecified atom stereocenters. The zero-order valence-corrected chi connectivity index (χ0v) is 9.48. The van der Waals surface area contributed by atoms with E-state index in [1.54, 1.807) is 6.07 Å². The minimum absolute atomic E-state index is 0.119. The van der Waals surface area contributed by atoms with Crippen LogP contribution < -0.4 is 0 Å². The molecule has 6 heteroatoms. The summed E-state index contributed by atoms with van der Waals surface area (Å²) in [6.07, 6.45) is 0. The van der Waals surface area contributed by atoms with Crippen LogP contribution in [0, 0.1) is 10.1 Å². The summed E-state index contributed by atoms with van der Waals surface area (Å²) in [7, 11) is 0. The van der Waals surface area contributed by atoms with Gasteiger partial charge in [-0.05, 0) is 44.0 Å². The average Bonchev–Trinajstić information content (AvgIpc) is 1.97. The largest absolute Gasteiger partial charge is 0.303 e. The molecule has 0 saturated heterocycles. The monoisotopic (exact) mass is 313 g/mol. The van der Waals surface area contributed by atoms with E-state index in [2.05, 4.69) is 31.9 Å². The highest BCUT2D eigenvalue weighted by molar-refractivity contribution is 9.13. The molecule has 0 amide bonds. The second-order valence-electron chi connectivity index (χ2n) is 1.95. The van der Waals surface area contributed by atoms with Crippen molar-refractivity contribution in [2.24, 2.45) is 0 Å². The summed E-state index contributed by atoms with van der Waals surface area (Å²) in [6, 6.07) is 3.11. The molecule has 0 fully saturated rings. The van der Waals surface area contributed by atoms with Gasteiger partial charge in [0, 0.05) is 4.47 Å². The van der Waals surface area contributed by atoms with Crippen LogP contribution in [0.2, 0.25) is 5.02 Å². The van der Waals surface area contributed by atoms with Gasteiger partial charge >= 0.3 is 5.69 Å². The summed E-state index contributed by atoms with van der Waals surface area (Å²) < 4.78 is 0.971. The third-order valence-corrected chi connectivity index (χ3v) is 3.50. The van der Waals surface area contributed by atoms with E-state index >= 15 is 0 Å². The smallest absolute Gasteiger partial charge is 0.258 e. The average molecular weight is 315 g/mol. The molecule has 1 aromatic carbocycles. The lowest BCUT2D eigenvalue weighted by Crippen LogP contribution is -1.90. The van der Waals surface area contributed by atoms with Crippen LogP contribution in [-0.2, 0) is 0 Å². The van der Waals surface area contributed by atoms with Crippen LogP contribution in [0.4, 0.5) is 5.69 Å². The Hall–Kier alpha value is -0.130. The van der Waals surface area contributed by atoms with Crippen molar-refractivity contribution in [3.05, 3.63) is 36.2 Å². The van der Waals surface area contributed by atoms with Crippen LogP contribution in [-0.4, -0.2) is 4.92 Å². The van der Waals surface area contributed by atoms with Crippen molar-refractivity contribution >= 4 is 49.1 Å². The number of nitrogens with zero attached hydrogens (tertiary/aromatic N) is 1. The minimum atomic E-state index is -0.531. The molecule has 3 nitrogen and oxygen atoms in total. The molecular formula is C6H2Br2ClNO2. The fraction of sp³-hybridized carbons (Fsp3) is 0. The first-order valence-electron chi connectivity index (χ1n) is 2.82. The van der Waals surface area contributed by atoms with Gasteiger partial charge in [0.05, 0.1) is 4.92 Å². The number of benzene rings is 1. The van der Waals surface area contributed by atoms with Gasteiger partial charge in [0.25, 0.3) is 0 Å². The number of nitro groups is 1. The van der Waals surface area contributed by atoms with Gasteiger partial charge in [-0.2, -0.15) is 0 Å². The van der Waals surface area contributed by atoms with Crippen LogP contribution in [0.25, 0.3) is 0 Å². The molecule has 0 radical (unpaired) electrons. The summed E-state index contributed by atoms with van der Waals surface area (Å²) in [4.78, 5) is 9.93. The molecule has 0 aromatic heterocycles. The highest BCUT2D eigenvalue weighted by Gasteiger charge is 2.18. The molecule has 1 rings (SSSR count). The second-order valence-corrected chi connectivity index (χ2v) is 4.00. The van der Waals surface area contributed by atoms with Crippen molar-refractivity contribution in [2.45, 2.75) is 0 Å². The summed E-state index contributed by atoms with van der Waals surface area (Å²) in [6.45, 7) is 0. The molecule has 0 aliphatic heterocycles. The topological polar surface area (TPSA) is 43.1 Å². The van der Waals surface area contributed by atoms with Gasteiger partial charge < -0.3 is 0 Å². The van der Waals surface area contributed by atoms with E-state index in [1.165, 1.54) is 6.07 Å². The highest BCUT2D eigenvalue weighted by Crippen LogP contribution is 2.37. The SMILES string of the molecule is O=[N+]([O-])c1c(Cl)ccc(Br)c1Br. The lowest BCUT2D eigenvalue weighted by molar-refractivity contribution is -0.385. The fourth-order valence-electron chi connectivity index (χ4n) is 0.684. The van der Waals surface area contributed by atoms with E-state index < -0.39 is 4.92 Å². The van der Waals surface area contributed by atoms with Crippen molar-refractivity contribution in [3.8, 4) is 0 Å². The van der Waals surface area contributed by atoms with Gasteiger partial charge in [-0.3, -0.25) is 10.1 Å². The molecule has 0 N–H and O–H groups in total. The third kappa shape index (κ3) is 1.78. The number of hydrogen-bond acceptors (Lipinski definition) is 2. The predicted molar refractivity (Wildman–Crippen MR) is 53.5 cm³/mol. The Balaban J connectivity index is 3.43. The van der Waals surface area contributed by atoms with E-state index in [9.17, 15) is 10.1 Å². The molecule has 0 heterocycles. The molecule has 0 saturated carbocycles. The Bertz CT molecular complexity index is 343. The maximum atomic E-state index is 10.5. The number of hydrogen-bond donors (Lipinski definition) is 0. The number of nitro benzene ring substituents is 1. The van der Waals surface area contributed by atoms with Crippen molar-refractivity contribution in [1.82, 2.24) is 0 Å². The first-order valence-corrected chi connectivity index (χ1v) is 4.78. The Morgan fingerprint density at radius 3 is 2.42 bits per heavy atom. The molecule has 64 valence electrons. The molecule has 0 aliphatic carbocycles. The maximum absolute atomic E-state index is 10.5. The Kier molecular flexibility index (Phi) is 3.09. The molecule has 0 spiro atoms. The zero-order chi connectivity index (χ0) is 9.30. The van der Waals surface area contributed by atoms with E-state index in [1.807, 2.05) is 0 Å². The normalized spacial score (nSPS) is 9.92. The zero-order valence-electron chi connectivity index (χ0n) is 5.55. The first-order chi connectivity index (χ1) is 5.54. The van der Waals surface area contributed by atoms with E-state index in [-0.39, 0.29) is 10.7 Å². The van der Waals surface area contributed by atoms with Crippen molar-refractivity contribution in [2.75, 3.05) is 0 Å². The second kappa shape index (κ2) is 3.72. The van der Waals surface area contributed by atoms with Crippen LogP contribution in [0.1, 0.15) is 0 Å². The Labute approximate surface area is 90.1 Å². The van der Waals surface area contributed by atoms with Crippen molar-refractivity contribution in [1.29, 1.82) is 0 Å². The summed E-state index contributed by atoms with van der Waals surface area (Å²) in [5.74, 6) is 0. The standard InChI is InChI=1S/C6H2Br2ClNO2/c7-3-1-2-4(9)6(5(3)8)10(11)12/h1-2H. The predicted octanol–water partition coefficient (Wildman–Crippen LogP) is 3.77. The Morgan fingerprint density at radius 2 is 2.00 bits per heavy atom. The Morgan fingerprint density at radius 1 is 1.42 bits per heavy atom. The molecule has 0 atom stereocenters. The van der Waals surface area contributed by atoms with Gasteiger partial charge in [0.1, 0.15) is 9.50 Å². The van der Waals surface area contributed by atoms with Crippen molar-refractivity contribution < 1.29 is 4.92 Å². The van der Waals surface area contributed by atoms with Crippen molar-refractivity contribution in [3.63, 3.8) is 0 Å². The summed E-state index contributed by atoms with van der Waals surface area (Å²) >= 11 is 11.8.